The Morgan fingerprint density at radius 2 is 2.12 bits per heavy atom. The summed E-state index contributed by atoms with van der Waals surface area (Å²) in [5.74, 6) is 0.182. The van der Waals surface area contributed by atoms with Crippen LogP contribution in [0.5, 0.6) is 0 Å². The van der Waals surface area contributed by atoms with E-state index in [2.05, 4.69) is 15.3 Å². The molecule has 0 atom stereocenters. The Labute approximate surface area is 98.7 Å². The van der Waals surface area contributed by atoms with Gasteiger partial charge in [0.25, 0.3) is 0 Å². The molecule has 0 saturated carbocycles. The Morgan fingerprint density at radius 3 is 3.00 bits per heavy atom. The van der Waals surface area contributed by atoms with Gasteiger partial charge in [-0.3, -0.25) is 0 Å². The quantitative estimate of drug-likeness (QED) is 0.812. The Hall–Kier alpha value is -1.81. The summed E-state index contributed by atoms with van der Waals surface area (Å²) >= 11 is 0. The summed E-state index contributed by atoms with van der Waals surface area (Å²) in [5, 5.41) is 3.25. The highest BCUT2D eigenvalue weighted by Crippen LogP contribution is 2.20. The van der Waals surface area contributed by atoms with E-state index in [1.165, 1.54) is 6.07 Å². The van der Waals surface area contributed by atoms with Gasteiger partial charge >= 0.3 is 0 Å². The second kappa shape index (κ2) is 4.22. The molecule has 1 N–H and O–H groups in total. The van der Waals surface area contributed by atoms with Gasteiger partial charge in [0, 0.05) is 12.7 Å². The molecule has 17 heavy (non-hydrogen) atoms. The largest absolute Gasteiger partial charge is 0.311 e. The second-order valence-corrected chi connectivity index (χ2v) is 4.07. The third kappa shape index (κ3) is 1.91. The number of aromatic nitrogens is 2. The van der Waals surface area contributed by atoms with E-state index in [0.29, 0.717) is 11.4 Å². The second-order valence-electron chi connectivity index (χ2n) is 4.07. The first-order chi connectivity index (χ1) is 8.34. The first-order valence-corrected chi connectivity index (χ1v) is 5.65. The monoisotopic (exact) mass is 229 g/mol. The van der Waals surface area contributed by atoms with Crippen LogP contribution in [0.3, 0.4) is 0 Å². The van der Waals surface area contributed by atoms with Gasteiger partial charge in [-0.2, -0.15) is 0 Å². The van der Waals surface area contributed by atoms with Crippen molar-refractivity contribution in [3.05, 3.63) is 47.5 Å². The van der Waals surface area contributed by atoms with Crippen molar-refractivity contribution in [3.8, 4) is 11.4 Å². The average molecular weight is 229 g/mol. The van der Waals surface area contributed by atoms with Crippen LogP contribution in [0.25, 0.3) is 11.4 Å². The molecule has 0 aliphatic carbocycles. The van der Waals surface area contributed by atoms with Crippen LogP contribution in [0.4, 0.5) is 4.39 Å². The smallest absolute Gasteiger partial charge is 0.162 e. The van der Waals surface area contributed by atoms with Gasteiger partial charge in [0.05, 0.1) is 11.3 Å². The van der Waals surface area contributed by atoms with Crippen LogP contribution in [0.1, 0.15) is 11.3 Å². The molecule has 4 heteroatoms. The van der Waals surface area contributed by atoms with Gasteiger partial charge in [-0.15, -0.1) is 0 Å². The van der Waals surface area contributed by atoms with Crippen molar-refractivity contribution in [2.24, 2.45) is 0 Å². The highest BCUT2D eigenvalue weighted by Gasteiger charge is 2.13. The standard InChI is InChI=1S/C13H12FN3/c14-11-4-2-1-3-10(11)13-16-7-9-5-6-15-8-12(9)17-13/h1-4,7,15H,5-6,8H2. The van der Waals surface area contributed by atoms with Gasteiger partial charge < -0.3 is 5.32 Å². The minimum absolute atomic E-state index is 0.281. The topological polar surface area (TPSA) is 37.8 Å². The van der Waals surface area contributed by atoms with Gasteiger partial charge in [0.2, 0.25) is 0 Å². The average Bonchev–Trinajstić information content (AvgIpc) is 2.39. The van der Waals surface area contributed by atoms with E-state index < -0.39 is 0 Å². The van der Waals surface area contributed by atoms with Crippen LogP contribution < -0.4 is 5.32 Å². The molecular weight excluding hydrogens is 217 g/mol. The maximum Gasteiger partial charge on any atom is 0.162 e. The number of rotatable bonds is 1. The minimum Gasteiger partial charge on any atom is -0.311 e. The van der Waals surface area contributed by atoms with Crippen molar-refractivity contribution in [2.75, 3.05) is 6.54 Å². The summed E-state index contributed by atoms with van der Waals surface area (Å²) in [7, 11) is 0. The van der Waals surface area contributed by atoms with Gasteiger partial charge in [-0.05, 0) is 30.7 Å². The lowest BCUT2D eigenvalue weighted by Gasteiger charge is -2.16. The van der Waals surface area contributed by atoms with Gasteiger partial charge in [0.15, 0.2) is 5.82 Å². The minimum atomic E-state index is -0.281. The van der Waals surface area contributed by atoms with Crippen molar-refractivity contribution in [2.45, 2.75) is 13.0 Å². The number of hydrogen-bond acceptors (Lipinski definition) is 3. The highest BCUT2D eigenvalue weighted by molar-refractivity contribution is 5.55. The van der Waals surface area contributed by atoms with Gasteiger partial charge in [-0.1, -0.05) is 12.1 Å². The molecule has 2 aromatic rings. The highest BCUT2D eigenvalue weighted by atomic mass is 19.1. The lowest BCUT2D eigenvalue weighted by atomic mass is 10.1. The van der Waals surface area contributed by atoms with Crippen LogP contribution in [0.2, 0.25) is 0 Å². The van der Waals surface area contributed by atoms with Crippen molar-refractivity contribution in [1.82, 2.24) is 15.3 Å². The summed E-state index contributed by atoms with van der Waals surface area (Å²) < 4.78 is 13.6. The van der Waals surface area contributed by atoms with Crippen LogP contribution >= 0.6 is 0 Å². The molecule has 1 aromatic carbocycles. The summed E-state index contributed by atoms with van der Waals surface area (Å²) in [6.45, 7) is 1.69. The zero-order valence-electron chi connectivity index (χ0n) is 9.28. The SMILES string of the molecule is Fc1ccccc1-c1ncc2c(n1)CNCC2. The van der Waals surface area contributed by atoms with Crippen molar-refractivity contribution >= 4 is 0 Å². The number of hydrogen-bond donors (Lipinski definition) is 1. The molecule has 0 spiro atoms. The third-order valence-corrected chi connectivity index (χ3v) is 2.93. The fraction of sp³-hybridized carbons (Fsp3) is 0.231. The molecule has 1 aromatic heterocycles. The predicted octanol–water partition coefficient (Wildman–Crippen LogP) is 1.93. The Bertz CT molecular complexity index is 554. The predicted molar refractivity (Wildman–Crippen MR) is 62.8 cm³/mol. The first-order valence-electron chi connectivity index (χ1n) is 5.65. The van der Waals surface area contributed by atoms with E-state index in [1.54, 1.807) is 18.2 Å². The molecule has 0 unspecified atom stereocenters. The lowest BCUT2D eigenvalue weighted by molar-refractivity contribution is 0.618. The lowest BCUT2D eigenvalue weighted by Crippen LogP contribution is -2.25. The number of halogens is 1. The molecular formula is C13H12FN3. The molecule has 0 fully saturated rings. The fourth-order valence-electron chi connectivity index (χ4n) is 2.01. The van der Waals surface area contributed by atoms with Crippen LogP contribution in [0.15, 0.2) is 30.5 Å². The fourth-order valence-corrected chi connectivity index (χ4v) is 2.01. The first kappa shape index (κ1) is 10.4. The number of fused-ring (bicyclic) bond motifs is 1. The maximum absolute atomic E-state index is 13.6. The van der Waals surface area contributed by atoms with Gasteiger partial charge in [0.1, 0.15) is 5.82 Å². The van der Waals surface area contributed by atoms with Crippen molar-refractivity contribution in [1.29, 1.82) is 0 Å². The van der Waals surface area contributed by atoms with Crippen LogP contribution in [0, 0.1) is 5.82 Å². The van der Waals surface area contributed by atoms with Crippen molar-refractivity contribution in [3.63, 3.8) is 0 Å². The number of nitrogens with zero attached hydrogens (tertiary/aromatic N) is 2. The molecule has 3 rings (SSSR count). The molecule has 0 radical (unpaired) electrons. The van der Waals surface area contributed by atoms with E-state index in [0.717, 1.165) is 30.8 Å². The molecule has 86 valence electrons. The van der Waals surface area contributed by atoms with E-state index in [-0.39, 0.29) is 5.82 Å². The molecule has 1 aliphatic rings. The van der Waals surface area contributed by atoms with E-state index in [1.807, 2.05) is 6.20 Å². The van der Waals surface area contributed by atoms with Gasteiger partial charge in [-0.25, -0.2) is 14.4 Å². The maximum atomic E-state index is 13.6. The van der Waals surface area contributed by atoms with E-state index in [9.17, 15) is 4.39 Å². The normalized spacial score (nSPS) is 14.4. The molecule has 0 bridgehead atoms. The zero-order chi connectivity index (χ0) is 11.7. The molecule has 0 saturated heterocycles. The van der Waals surface area contributed by atoms with E-state index in [4.69, 9.17) is 0 Å². The third-order valence-electron chi connectivity index (χ3n) is 2.93. The molecule has 3 nitrogen and oxygen atoms in total. The van der Waals surface area contributed by atoms with E-state index >= 15 is 0 Å². The summed E-state index contributed by atoms with van der Waals surface area (Å²) in [6.07, 6.45) is 2.75. The number of nitrogens with one attached hydrogen (secondary N) is 1. The Morgan fingerprint density at radius 1 is 1.24 bits per heavy atom. The summed E-state index contributed by atoms with van der Waals surface area (Å²) in [6, 6.07) is 6.59. The van der Waals surface area contributed by atoms with Crippen molar-refractivity contribution < 1.29 is 4.39 Å². The Kier molecular flexibility index (Phi) is 2.57. The number of benzene rings is 1. The van der Waals surface area contributed by atoms with Crippen LogP contribution in [-0.4, -0.2) is 16.5 Å². The molecule has 1 aliphatic heterocycles. The molecule has 2 heterocycles. The summed E-state index contributed by atoms with van der Waals surface area (Å²) in [4.78, 5) is 8.67. The summed E-state index contributed by atoms with van der Waals surface area (Å²) in [5.41, 5.74) is 2.59. The van der Waals surface area contributed by atoms with Crippen LogP contribution in [-0.2, 0) is 13.0 Å². The Balaban J connectivity index is 2.07. The molecule has 0 amide bonds. The zero-order valence-corrected chi connectivity index (χ0v) is 9.28.